The van der Waals surface area contributed by atoms with Gasteiger partial charge in [0.25, 0.3) is 0 Å². The van der Waals surface area contributed by atoms with E-state index in [-0.39, 0.29) is 0 Å². The topological polar surface area (TPSA) is 15.3 Å². The highest BCUT2D eigenvalue weighted by Gasteiger charge is 2.11. The van der Waals surface area contributed by atoms with Crippen LogP contribution < -0.4 is 10.2 Å². The van der Waals surface area contributed by atoms with Crippen LogP contribution in [0.15, 0.2) is 109 Å². The first-order chi connectivity index (χ1) is 13.3. The van der Waals surface area contributed by atoms with E-state index in [1.54, 1.807) is 0 Å². The summed E-state index contributed by atoms with van der Waals surface area (Å²) in [6.07, 6.45) is 0. The van der Waals surface area contributed by atoms with Crippen molar-refractivity contribution in [3.63, 3.8) is 0 Å². The van der Waals surface area contributed by atoms with Crippen LogP contribution in [0.3, 0.4) is 0 Å². The van der Waals surface area contributed by atoms with E-state index >= 15 is 0 Å². The second-order valence-corrected chi connectivity index (χ2v) is 6.38. The summed E-state index contributed by atoms with van der Waals surface area (Å²) in [5.41, 5.74) is 6.98. The number of rotatable bonds is 5. The van der Waals surface area contributed by atoms with Gasteiger partial charge in [0.2, 0.25) is 0 Å². The average molecular weight is 350 g/mol. The molecule has 2 heteroatoms. The molecule has 0 atom stereocenters. The van der Waals surface area contributed by atoms with Crippen LogP contribution in [-0.2, 0) is 0 Å². The number of nitrogens with zero attached hydrogens (tertiary/aromatic N) is 1. The third-order valence-electron chi connectivity index (χ3n) is 4.66. The van der Waals surface area contributed by atoms with Crippen molar-refractivity contribution in [1.29, 1.82) is 0 Å². The van der Waals surface area contributed by atoms with E-state index in [9.17, 15) is 0 Å². The van der Waals surface area contributed by atoms with E-state index in [1.165, 1.54) is 11.1 Å². The molecule has 0 bridgehead atoms. The Morgan fingerprint density at radius 2 is 0.889 bits per heavy atom. The zero-order valence-corrected chi connectivity index (χ0v) is 15.3. The zero-order valence-electron chi connectivity index (χ0n) is 15.3. The van der Waals surface area contributed by atoms with Crippen LogP contribution in [0.5, 0.6) is 0 Å². The van der Waals surface area contributed by atoms with Crippen molar-refractivity contribution in [2.45, 2.75) is 0 Å². The van der Waals surface area contributed by atoms with Crippen LogP contribution in [-0.4, -0.2) is 7.05 Å². The quantitative estimate of drug-likeness (QED) is 0.423. The third kappa shape index (κ3) is 3.70. The fourth-order valence-electron chi connectivity index (χ4n) is 3.23. The predicted octanol–water partition coefficient (Wildman–Crippen LogP) is 6.87. The molecule has 0 heterocycles. The molecule has 0 aromatic heterocycles. The molecule has 0 saturated carbocycles. The Bertz CT molecular complexity index is 936. The molecule has 0 aliphatic heterocycles. The van der Waals surface area contributed by atoms with Gasteiger partial charge >= 0.3 is 0 Å². The molecule has 1 N–H and O–H groups in total. The Morgan fingerprint density at radius 1 is 0.481 bits per heavy atom. The van der Waals surface area contributed by atoms with Gasteiger partial charge in [-0.3, -0.25) is 0 Å². The predicted molar refractivity (Wildman–Crippen MR) is 116 cm³/mol. The van der Waals surface area contributed by atoms with Gasteiger partial charge in [-0.15, -0.1) is 0 Å². The Labute approximate surface area is 160 Å². The summed E-state index contributed by atoms with van der Waals surface area (Å²) in [6, 6.07) is 38.2. The number of anilines is 4. The Kier molecular flexibility index (Phi) is 4.88. The van der Waals surface area contributed by atoms with E-state index < -0.39 is 0 Å². The van der Waals surface area contributed by atoms with Crippen LogP contribution in [0.1, 0.15) is 0 Å². The molecule has 4 rings (SSSR count). The van der Waals surface area contributed by atoms with Crippen LogP contribution in [0.2, 0.25) is 0 Å². The maximum absolute atomic E-state index is 3.16. The molecule has 0 unspecified atom stereocenters. The number of para-hydroxylation sites is 2. The van der Waals surface area contributed by atoms with Crippen LogP contribution >= 0.6 is 0 Å². The van der Waals surface area contributed by atoms with Crippen molar-refractivity contribution in [3.8, 4) is 11.1 Å². The van der Waals surface area contributed by atoms with Crippen LogP contribution in [0.4, 0.5) is 22.7 Å². The smallest absolute Gasteiger partial charge is 0.0462 e. The first kappa shape index (κ1) is 16.9. The van der Waals surface area contributed by atoms with E-state index in [2.05, 4.69) is 107 Å². The molecular weight excluding hydrogens is 328 g/mol. The lowest BCUT2D eigenvalue weighted by Gasteiger charge is -2.25. The lowest BCUT2D eigenvalue weighted by molar-refractivity contribution is 1.28. The van der Waals surface area contributed by atoms with Gasteiger partial charge in [0.15, 0.2) is 0 Å². The Balaban J connectivity index is 1.70. The number of hydrogen-bond donors (Lipinski definition) is 1. The minimum absolute atomic E-state index is 1.12. The fourth-order valence-corrected chi connectivity index (χ4v) is 3.23. The molecule has 0 amide bonds. The van der Waals surface area contributed by atoms with Crippen LogP contribution in [0.25, 0.3) is 11.1 Å². The molecule has 132 valence electrons. The molecule has 0 spiro atoms. The molecule has 4 aromatic rings. The molecule has 0 aliphatic carbocycles. The SMILES string of the molecule is CNc1ccc(-c2ccc(N(c3ccccc3)c3ccccc3)cc2)cc1. The summed E-state index contributed by atoms with van der Waals surface area (Å²) in [7, 11) is 1.94. The summed E-state index contributed by atoms with van der Waals surface area (Å²) in [5, 5.41) is 3.16. The molecule has 0 aliphatic rings. The highest BCUT2D eigenvalue weighted by Crippen LogP contribution is 2.35. The largest absolute Gasteiger partial charge is 0.388 e. The van der Waals surface area contributed by atoms with Crippen molar-refractivity contribution in [3.05, 3.63) is 109 Å². The molecule has 0 radical (unpaired) electrons. The van der Waals surface area contributed by atoms with Crippen LogP contribution in [0, 0.1) is 0 Å². The van der Waals surface area contributed by atoms with Crippen molar-refractivity contribution < 1.29 is 0 Å². The molecular formula is C25H22N2. The van der Waals surface area contributed by atoms with E-state index in [1.807, 2.05) is 19.2 Å². The summed E-state index contributed by atoms with van der Waals surface area (Å²) < 4.78 is 0. The van der Waals surface area contributed by atoms with Gasteiger partial charge in [-0.2, -0.15) is 0 Å². The maximum atomic E-state index is 3.16. The third-order valence-corrected chi connectivity index (χ3v) is 4.66. The normalized spacial score (nSPS) is 10.4. The van der Waals surface area contributed by atoms with Crippen molar-refractivity contribution >= 4 is 22.7 Å². The number of benzene rings is 4. The Morgan fingerprint density at radius 3 is 1.33 bits per heavy atom. The van der Waals surface area contributed by atoms with Gasteiger partial charge in [0.1, 0.15) is 0 Å². The first-order valence-electron chi connectivity index (χ1n) is 9.13. The van der Waals surface area contributed by atoms with Gasteiger partial charge in [-0.25, -0.2) is 0 Å². The van der Waals surface area contributed by atoms with Gasteiger partial charge in [-0.05, 0) is 59.7 Å². The zero-order chi connectivity index (χ0) is 18.5. The lowest BCUT2D eigenvalue weighted by atomic mass is 10.0. The molecule has 0 saturated heterocycles. The minimum atomic E-state index is 1.12. The highest BCUT2D eigenvalue weighted by atomic mass is 15.1. The summed E-state index contributed by atoms with van der Waals surface area (Å²) in [4.78, 5) is 2.27. The van der Waals surface area contributed by atoms with Gasteiger partial charge < -0.3 is 10.2 Å². The van der Waals surface area contributed by atoms with E-state index in [0.29, 0.717) is 0 Å². The van der Waals surface area contributed by atoms with Crippen molar-refractivity contribution in [2.75, 3.05) is 17.3 Å². The Hall–Kier alpha value is -3.52. The lowest BCUT2D eigenvalue weighted by Crippen LogP contribution is -2.09. The second kappa shape index (κ2) is 7.79. The minimum Gasteiger partial charge on any atom is -0.388 e. The molecule has 0 fully saturated rings. The summed E-state index contributed by atoms with van der Waals surface area (Å²) in [5.74, 6) is 0. The maximum Gasteiger partial charge on any atom is 0.0462 e. The van der Waals surface area contributed by atoms with E-state index in [0.717, 1.165) is 22.7 Å². The molecule has 4 aromatic carbocycles. The summed E-state index contributed by atoms with van der Waals surface area (Å²) >= 11 is 0. The molecule has 2 nitrogen and oxygen atoms in total. The molecule has 27 heavy (non-hydrogen) atoms. The average Bonchev–Trinajstić information content (AvgIpc) is 2.76. The van der Waals surface area contributed by atoms with Crippen molar-refractivity contribution in [1.82, 2.24) is 0 Å². The summed E-state index contributed by atoms with van der Waals surface area (Å²) in [6.45, 7) is 0. The number of nitrogens with one attached hydrogen (secondary N) is 1. The van der Waals surface area contributed by atoms with Gasteiger partial charge in [0, 0.05) is 29.8 Å². The van der Waals surface area contributed by atoms with E-state index in [4.69, 9.17) is 0 Å². The fraction of sp³-hybridized carbons (Fsp3) is 0.0400. The van der Waals surface area contributed by atoms with Gasteiger partial charge in [-0.1, -0.05) is 60.7 Å². The second-order valence-electron chi connectivity index (χ2n) is 6.38. The number of hydrogen-bond acceptors (Lipinski definition) is 2. The first-order valence-corrected chi connectivity index (χ1v) is 9.13. The van der Waals surface area contributed by atoms with Crippen molar-refractivity contribution in [2.24, 2.45) is 0 Å². The standard InChI is InChI=1S/C25H22N2/c1-26-22-16-12-20(13-17-22)21-14-18-25(19-15-21)27(23-8-4-2-5-9-23)24-10-6-3-7-11-24/h2-19,26H,1H3. The monoisotopic (exact) mass is 350 g/mol. The highest BCUT2D eigenvalue weighted by molar-refractivity contribution is 5.78. The van der Waals surface area contributed by atoms with Gasteiger partial charge in [0.05, 0.1) is 0 Å².